The smallest absolute Gasteiger partial charge is 0.354 e. The van der Waals surface area contributed by atoms with Crippen molar-refractivity contribution in [3.63, 3.8) is 0 Å². The Morgan fingerprint density at radius 3 is 1.05 bits per heavy atom. The molecule has 16 nitrogen and oxygen atoms in total. The number of carbonyl (C=O) groups excluding carboxylic acids is 4. The van der Waals surface area contributed by atoms with Gasteiger partial charge in [0.1, 0.15) is 5.69 Å². The van der Waals surface area contributed by atoms with E-state index in [1.165, 1.54) is 107 Å². The maximum atomic E-state index is 13.2. The maximum absolute atomic E-state index is 13.2. The van der Waals surface area contributed by atoms with Crippen LogP contribution in [-0.2, 0) is 120 Å². The van der Waals surface area contributed by atoms with E-state index in [0.717, 1.165) is 62.2 Å². The zero-order chi connectivity index (χ0) is 78.5. The Hall–Kier alpha value is -9.80. The summed E-state index contributed by atoms with van der Waals surface area (Å²) >= 11 is 3.44. The quantitative estimate of drug-likeness (QED) is 0.0369. The number of nitrogens with zero attached hydrogens (tertiary/aromatic N) is 6. The first-order valence-corrected chi connectivity index (χ1v) is 33.6. The number of aromatic nitrogens is 6. The first-order valence-electron chi connectivity index (χ1n) is 31.9. The topological polar surface area (TPSA) is 264 Å². The standard InChI is InChI=1S/2C13H8NS.2C11H6F2N.C11H8N.C6H5NO2.4C5H8O2.5Ir/c1-2-7-12-10(5-1)9-13(15-12)11-6-3-4-8-14-11;1-2-6-10(7-3-1)13-14-11-8-4-5-9-12(11)15-13;2*12-8-4-5-9(10(13)7-8)11-3-1-2-6-14-11;1-2-6-10(7-3-1)11-8-4-5-9-12-11;8-6(9)5-3-1-2-4-7-5;4*1-4(6)3-5(2)7;;;;;/h1-8H;1-6,8-9H;2*1-4,6-7H;1-6,8-9H;1-4H,(H,8,9);4*3,6H,1-2H3;;;;;/q5*-1;;;;;;;;;;. The van der Waals surface area contributed by atoms with Crippen LogP contribution in [0.4, 0.5) is 17.6 Å². The summed E-state index contributed by atoms with van der Waals surface area (Å²) in [7, 11) is 0. The first-order chi connectivity index (χ1) is 51.2. The predicted octanol–water partition coefficient (Wildman–Crippen LogP) is 20.6. The number of aromatic carboxylic acids is 1. The fourth-order valence-corrected chi connectivity index (χ4v) is 10.0. The number of para-hydroxylation sites is 1. The molecule has 13 aromatic rings. The van der Waals surface area contributed by atoms with Gasteiger partial charge in [-0.1, -0.05) is 102 Å². The number of hydrogen-bond acceptors (Lipinski definition) is 17. The maximum Gasteiger partial charge on any atom is 0.354 e. The molecular weight excluding hydrogens is 2370 g/mol. The molecule has 0 amide bonds. The van der Waals surface area contributed by atoms with E-state index in [-0.39, 0.29) is 164 Å². The number of thiazole rings is 1. The molecule has 0 saturated carbocycles. The minimum Gasteiger partial charge on any atom is -0.512 e. The summed E-state index contributed by atoms with van der Waals surface area (Å²) in [6, 6.07) is 77.5. The molecule has 112 heavy (non-hydrogen) atoms. The predicted molar refractivity (Wildman–Crippen MR) is 413 cm³/mol. The van der Waals surface area contributed by atoms with Crippen molar-refractivity contribution in [2.24, 2.45) is 0 Å². The number of hydrogen-bond donors (Lipinski definition) is 5. The van der Waals surface area contributed by atoms with Crippen molar-refractivity contribution in [3.8, 4) is 54.9 Å². The number of benzene rings is 6. The van der Waals surface area contributed by atoms with Gasteiger partial charge < -0.3 is 45.5 Å². The van der Waals surface area contributed by atoms with Gasteiger partial charge in [0.15, 0.2) is 23.1 Å². The van der Waals surface area contributed by atoms with E-state index in [0.29, 0.717) is 11.4 Å². The molecule has 0 aliphatic rings. The number of aliphatic hydroxyl groups excluding tert-OH is 4. The second-order valence-electron chi connectivity index (χ2n) is 21.6. The summed E-state index contributed by atoms with van der Waals surface area (Å²) in [6.07, 6.45) is 12.8. The molecule has 0 fully saturated rings. The van der Waals surface area contributed by atoms with E-state index in [1.54, 1.807) is 89.8 Å². The van der Waals surface area contributed by atoms with Gasteiger partial charge >= 0.3 is 5.97 Å². The van der Waals surface area contributed by atoms with Crippen molar-refractivity contribution in [1.29, 1.82) is 0 Å². The van der Waals surface area contributed by atoms with Crippen LogP contribution in [0, 0.1) is 53.6 Å². The minimum atomic E-state index is -0.990. The number of ketones is 4. The molecule has 6 aromatic carbocycles. The molecule has 13 rings (SSSR count). The van der Waals surface area contributed by atoms with Gasteiger partial charge in [0.2, 0.25) is 0 Å². The summed E-state index contributed by atoms with van der Waals surface area (Å²) < 4.78 is 54.1. The molecule has 5 radical (unpaired) electrons. The molecule has 5 N–H and O–H groups in total. The number of carboxylic acid groups (broad SMARTS) is 1. The fourth-order valence-electron chi connectivity index (χ4n) is 8.09. The van der Waals surface area contributed by atoms with Crippen molar-refractivity contribution in [1.82, 2.24) is 29.9 Å². The number of carboxylic acids is 1. The Bertz CT molecular complexity index is 4600. The van der Waals surface area contributed by atoms with E-state index < -0.39 is 29.2 Å². The average Bonchev–Trinajstić information content (AvgIpc) is 1.64. The molecule has 0 aliphatic heterocycles. The number of allylic oxidation sites excluding steroid dienone is 8. The number of thiophene rings is 1. The van der Waals surface area contributed by atoms with Gasteiger partial charge in [-0.05, 0) is 131 Å². The van der Waals surface area contributed by atoms with Crippen molar-refractivity contribution < 1.29 is 168 Å². The van der Waals surface area contributed by atoms with E-state index in [2.05, 4.69) is 84.5 Å². The van der Waals surface area contributed by atoms with Crippen LogP contribution >= 0.6 is 22.7 Å². The Kier molecular flexibility index (Phi) is 54.9. The number of carbonyl (C=O) groups is 5. The molecule has 0 atom stereocenters. The van der Waals surface area contributed by atoms with Gasteiger partial charge in [0, 0.05) is 194 Å². The van der Waals surface area contributed by atoms with Crippen LogP contribution in [0.5, 0.6) is 0 Å². The molecule has 0 bridgehead atoms. The molecule has 0 spiro atoms. The molecule has 7 aromatic heterocycles. The van der Waals surface area contributed by atoms with Crippen LogP contribution in [0.15, 0.2) is 291 Å². The van der Waals surface area contributed by atoms with Crippen LogP contribution in [0.3, 0.4) is 0 Å². The van der Waals surface area contributed by atoms with Crippen LogP contribution < -0.4 is 0 Å². The third kappa shape index (κ3) is 43.7. The second kappa shape index (κ2) is 59.0. The minimum absolute atomic E-state index is 0. The largest absolute Gasteiger partial charge is 0.512 e. The monoisotopic (exact) mass is 2440 g/mol. The third-order valence-corrected chi connectivity index (χ3v) is 14.4. The molecule has 0 unspecified atom stereocenters. The summed E-state index contributed by atoms with van der Waals surface area (Å²) in [4.78, 5) is 75.9. The van der Waals surface area contributed by atoms with Crippen LogP contribution in [0.2, 0.25) is 0 Å². The third-order valence-electron chi connectivity index (χ3n) is 12.2. The van der Waals surface area contributed by atoms with E-state index in [4.69, 9.17) is 25.5 Å². The Morgan fingerprint density at radius 2 is 0.732 bits per heavy atom. The van der Waals surface area contributed by atoms with Gasteiger partial charge in [-0.2, -0.15) is 11.3 Å². The zero-order valence-corrected chi connectivity index (χ0v) is 74.5. The van der Waals surface area contributed by atoms with Gasteiger partial charge in [0.05, 0.1) is 28.6 Å². The normalized spacial score (nSPS) is 10.0. The van der Waals surface area contributed by atoms with Crippen LogP contribution in [-0.4, -0.2) is 84.5 Å². The summed E-state index contributed by atoms with van der Waals surface area (Å²) in [5.41, 5.74) is 6.50. The number of aliphatic hydroxyl groups is 4. The summed E-state index contributed by atoms with van der Waals surface area (Å²) in [6.45, 7) is 11.4. The Labute approximate surface area is 723 Å². The zero-order valence-electron chi connectivity index (χ0n) is 60.9. The van der Waals surface area contributed by atoms with E-state index in [1.807, 2.05) is 115 Å². The molecule has 0 aliphatic carbocycles. The summed E-state index contributed by atoms with van der Waals surface area (Å²) in [5, 5.41) is 44.0. The van der Waals surface area contributed by atoms with E-state index >= 15 is 0 Å². The molecule has 27 heteroatoms. The van der Waals surface area contributed by atoms with Crippen LogP contribution in [0.25, 0.3) is 75.2 Å². The van der Waals surface area contributed by atoms with Gasteiger partial charge in [-0.25, -0.2) is 21.1 Å². The number of fused-ring (bicyclic) bond motifs is 2. The summed E-state index contributed by atoms with van der Waals surface area (Å²) in [5.74, 6) is -3.81. The number of halogens is 4. The molecule has 593 valence electrons. The fraction of sp³-hybridized carbons (Fsp3) is 0.0941. The second-order valence-corrected chi connectivity index (χ2v) is 23.7. The van der Waals surface area contributed by atoms with Crippen molar-refractivity contribution in [2.45, 2.75) is 55.4 Å². The number of pyridine rings is 5. The molecule has 0 saturated heterocycles. The Balaban J connectivity index is 0. The van der Waals surface area contributed by atoms with Crippen molar-refractivity contribution in [3.05, 3.63) is 350 Å². The first kappa shape index (κ1) is 104. The SMILES string of the molecule is CC(=O)C=C(C)O.CC(=O)C=C(C)O.CC(=O)C=C(C)O.CC(=O)C=C(C)O.Fc1c[c-]c(-c2ccccn2)c(F)c1.Fc1c[c-]c(-c2ccccn2)c(F)c1.O=C(O)c1ccccn1.[Ir].[Ir].[Ir].[Ir].[Ir].[c-]1c(-c2ccccn2)sc2ccccc12.[c-]1ccccc1-c1ccccn1.[c-]1ccccc1-c1nc2ccccc2s1. The van der Waals surface area contributed by atoms with Crippen molar-refractivity contribution >= 4 is 72.1 Å². The Morgan fingerprint density at radius 1 is 0.375 bits per heavy atom. The molecule has 7 heterocycles. The average molecular weight is 2440 g/mol. The van der Waals surface area contributed by atoms with Gasteiger partial charge in [-0.3, -0.25) is 41.7 Å². The van der Waals surface area contributed by atoms with Gasteiger partial charge in [0.25, 0.3) is 0 Å². The number of rotatable bonds is 10. The molecular formula is C85H73F4Ir5N6O10S2-5. The van der Waals surface area contributed by atoms with Crippen LogP contribution in [0.1, 0.15) is 65.9 Å². The van der Waals surface area contributed by atoms with E-state index in [9.17, 15) is 41.5 Å². The van der Waals surface area contributed by atoms with Gasteiger partial charge in [-0.15, -0.1) is 120 Å². The van der Waals surface area contributed by atoms with Crippen molar-refractivity contribution in [2.75, 3.05) is 0 Å².